The predicted octanol–water partition coefficient (Wildman–Crippen LogP) is 0.0262. The molecule has 0 saturated carbocycles. The largest absolute Gasteiger partial charge is 0.490 e. The van der Waals surface area contributed by atoms with E-state index in [-0.39, 0.29) is 6.04 Å². The second-order valence-corrected chi connectivity index (χ2v) is 5.52. The van der Waals surface area contributed by atoms with E-state index in [0.29, 0.717) is 5.75 Å². The van der Waals surface area contributed by atoms with Crippen molar-refractivity contribution < 1.29 is 31.5 Å². The van der Waals surface area contributed by atoms with E-state index in [9.17, 15) is 21.6 Å². The van der Waals surface area contributed by atoms with Gasteiger partial charge in [-0.1, -0.05) is 0 Å². The van der Waals surface area contributed by atoms with Crippen LogP contribution in [0, 0.1) is 0 Å². The van der Waals surface area contributed by atoms with Crippen molar-refractivity contribution in [1.29, 1.82) is 0 Å². The molecule has 0 aromatic carbocycles. The normalized spacial score (nSPS) is 20.4. The molecular formula is C7H12F3NO4S. The highest BCUT2D eigenvalue weighted by molar-refractivity contribution is 7.90. The number of sulfone groups is 1. The lowest BCUT2D eigenvalue weighted by Crippen LogP contribution is -2.47. The standard InChI is InChI=1S/C5H11NO2S.C2HF3O2/c1-9(7,8)4-5-2-3-6-5;3-2(4,5)1(6)7/h5-6H,2-4H2,1H3;(H,6,7)/t5-;/m1./s1. The molecule has 9 heteroatoms. The maximum absolute atomic E-state index is 10.6. The van der Waals surface area contributed by atoms with Gasteiger partial charge in [-0.25, -0.2) is 13.2 Å². The van der Waals surface area contributed by atoms with Crippen LogP contribution in [0.25, 0.3) is 0 Å². The van der Waals surface area contributed by atoms with Crippen LogP contribution in [0.2, 0.25) is 0 Å². The molecule has 5 nitrogen and oxygen atoms in total. The Kier molecular flexibility index (Phi) is 5.20. The van der Waals surface area contributed by atoms with Crippen molar-refractivity contribution >= 4 is 15.8 Å². The van der Waals surface area contributed by atoms with E-state index in [1.165, 1.54) is 6.26 Å². The Balaban J connectivity index is 0.000000293. The molecule has 1 heterocycles. The highest BCUT2D eigenvalue weighted by Gasteiger charge is 2.38. The highest BCUT2D eigenvalue weighted by Crippen LogP contribution is 2.13. The third kappa shape index (κ3) is 7.46. The van der Waals surface area contributed by atoms with Crippen LogP contribution in [-0.4, -0.2) is 50.3 Å². The molecule has 2 N–H and O–H groups in total. The van der Waals surface area contributed by atoms with Gasteiger partial charge in [0.15, 0.2) is 0 Å². The fourth-order valence-electron chi connectivity index (χ4n) is 0.856. The van der Waals surface area contributed by atoms with E-state index in [1.807, 2.05) is 0 Å². The number of aliphatic carboxylic acids is 1. The number of carbonyl (C=O) groups is 1. The van der Waals surface area contributed by atoms with Crippen molar-refractivity contribution in [2.24, 2.45) is 0 Å². The van der Waals surface area contributed by atoms with Gasteiger partial charge in [-0.15, -0.1) is 0 Å². The second-order valence-electron chi connectivity index (χ2n) is 3.34. The van der Waals surface area contributed by atoms with Crippen LogP contribution in [0.1, 0.15) is 6.42 Å². The number of carboxylic acid groups (broad SMARTS) is 1. The summed E-state index contributed by atoms with van der Waals surface area (Å²) >= 11 is 0. The minimum absolute atomic E-state index is 0.236. The zero-order chi connectivity index (χ0) is 13.0. The molecule has 0 aromatic rings. The maximum Gasteiger partial charge on any atom is 0.490 e. The molecular weight excluding hydrogens is 251 g/mol. The molecule has 0 radical (unpaired) electrons. The summed E-state index contributed by atoms with van der Waals surface area (Å²) < 4.78 is 52.9. The fourth-order valence-corrected chi connectivity index (χ4v) is 1.87. The van der Waals surface area contributed by atoms with E-state index < -0.39 is 22.0 Å². The zero-order valence-corrected chi connectivity index (χ0v) is 9.23. The van der Waals surface area contributed by atoms with Crippen LogP contribution in [-0.2, 0) is 14.6 Å². The van der Waals surface area contributed by atoms with Crippen molar-refractivity contribution in [2.45, 2.75) is 18.6 Å². The average molecular weight is 263 g/mol. The second kappa shape index (κ2) is 5.48. The molecule has 0 unspecified atom stereocenters. The molecule has 96 valence electrons. The van der Waals surface area contributed by atoms with Crippen molar-refractivity contribution in [3.8, 4) is 0 Å². The smallest absolute Gasteiger partial charge is 0.475 e. The van der Waals surface area contributed by atoms with Gasteiger partial charge in [-0.2, -0.15) is 13.2 Å². The Morgan fingerprint density at radius 2 is 1.88 bits per heavy atom. The summed E-state index contributed by atoms with van der Waals surface area (Å²) in [6.45, 7) is 0.972. The lowest BCUT2D eigenvalue weighted by molar-refractivity contribution is -0.192. The Bertz CT molecular complexity index is 334. The van der Waals surface area contributed by atoms with E-state index in [1.54, 1.807) is 0 Å². The molecule has 16 heavy (non-hydrogen) atoms. The van der Waals surface area contributed by atoms with Gasteiger partial charge in [-0.05, 0) is 13.0 Å². The first-order valence-electron chi connectivity index (χ1n) is 4.23. The fraction of sp³-hybridized carbons (Fsp3) is 0.857. The van der Waals surface area contributed by atoms with Gasteiger partial charge in [0, 0.05) is 12.3 Å². The third-order valence-corrected chi connectivity index (χ3v) is 2.68. The van der Waals surface area contributed by atoms with Gasteiger partial charge >= 0.3 is 12.1 Å². The van der Waals surface area contributed by atoms with Crippen molar-refractivity contribution in [1.82, 2.24) is 5.32 Å². The lowest BCUT2D eigenvalue weighted by atomic mass is 10.1. The van der Waals surface area contributed by atoms with Gasteiger partial charge in [0.25, 0.3) is 0 Å². The van der Waals surface area contributed by atoms with Crippen LogP contribution in [0.3, 0.4) is 0 Å². The number of hydrogen-bond acceptors (Lipinski definition) is 4. The average Bonchev–Trinajstić information content (AvgIpc) is 1.95. The van der Waals surface area contributed by atoms with Gasteiger partial charge in [0.2, 0.25) is 0 Å². The van der Waals surface area contributed by atoms with Crippen LogP contribution < -0.4 is 5.32 Å². The van der Waals surface area contributed by atoms with E-state index in [4.69, 9.17) is 9.90 Å². The van der Waals surface area contributed by atoms with Crippen LogP contribution >= 0.6 is 0 Å². The Morgan fingerprint density at radius 1 is 1.50 bits per heavy atom. The Hall–Kier alpha value is -0.830. The molecule has 0 spiro atoms. The summed E-state index contributed by atoms with van der Waals surface area (Å²) in [5.74, 6) is -2.46. The van der Waals surface area contributed by atoms with Crippen LogP contribution in [0.4, 0.5) is 13.2 Å². The molecule has 1 aliphatic rings. The monoisotopic (exact) mass is 263 g/mol. The SMILES string of the molecule is CS(=O)(=O)C[C@H]1CCN1.O=C(O)C(F)(F)F. The molecule has 0 amide bonds. The first kappa shape index (κ1) is 15.2. The van der Waals surface area contributed by atoms with E-state index in [0.717, 1.165) is 13.0 Å². The van der Waals surface area contributed by atoms with Gasteiger partial charge in [0.05, 0.1) is 5.75 Å². The number of nitrogens with one attached hydrogen (secondary N) is 1. The number of alkyl halides is 3. The molecule has 1 saturated heterocycles. The topological polar surface area (TPSA) is 83.5 Å². The summed E-state index contributed by atoms with van der Waals surface area (Å²) in [5.41, 5.74) is 0. The first-order valence-corrected chi connectivity index (χ1v) is 6.29. The van der Waals surface area contributed by atoms with E-state index in [2.05, 4.69) is 5.32 Å². The molecule has 1 rings (SSSR count). The van der Waals surface area contributed by atoms with Crippen molar-refractivity contribution in [2.75, 3.05) is 18.6 Å². The molecule has 1 atom stereocenters. The molecule has 1 fully saturated rings. The number of carboxylic acids is 1. The summed E-state index contributed by atoms with van der Waals surface area (Å²) in [6, 6.07) is 0.236. The van der Waals surface area contributed by atoms with Gasteiger partial charge < -0.3 is 10.4 Å². The zero-order valence-electron chi connectivity index (χ0n) is 8.41. The summed E-state index contributed by atoms with van der Waals surface area (Å²) in [5, 5.41) is 10.1. The molecule has 0 aromatic heterocycles. The quantitative estimate of drug-likeness (QED) is 0.734. The number of rotatable bonds is 2. The van der Waals surface area contributed by atoms with Gasteiger partial charge in [0.1, 0.15) is 9.84 Å². The highest BCUT2D eigenvalue weighted by atomic mass is 32.2. The summed E-state index contributed by atoms with van der Waals surface area (Å²) in [4.78, 5) is 8.90. The molecule has 1 aliphatic heterocycles. The molecule has 0 bridgehead atoms. The van der Waals surface area contributed by atoms with E-state index >= 15 is 0 Å². The molecule has 0 aliphatic carbocycles. The van der Waals surface area contributed by atoms with Crippen LogP contribution in [0.15, 0.2) is 0 Å². The number of hydrogen-bond donors (Lipinski definition) is 2. The minimum Gasteiger partial charge on any atom is -0.475 e. The third-order valence-electron chi connectivity index (χ3n) is 1.67. The summed E-state index contributed by atoms with van der Waals surface area (Å²) in [6.07, 6.45) is -2.81. The first-order chi connectivity index (χ1) is 7.02. The van der Waals surface area contributed by atoms with Crippen LogP contribution in [0.5, 0.6) is 0 Å². The van der Waals surface area contributed by atoms with Crippen molar-refractivity contribution in [3.05, 3.63) is 0 Å². The predicted molar refractivity (Wildman–Crippen MR) is 49.8 cm³/mol. The Labute approximate surface area is 90.6 Å². The summed E-state index contributed by atoms with van der Waals surface area (Å²) in [7, 11) is -2.75. The van der Waals surface area contributed by atoms with Gasteiger partial charge in [-0.3, -0.25) is 0 Å². The minimum atomic E-state index is -5.08. The maximum atomic E-state index is 10.6. The lowest BCUT2D eigenvalue weighted by Gasteiger charge is -2.26. The number of halogens is 3. The van der Waals surface area contributed by atoms with Crippen molar-refractivity contribution in [3.63, 3.8) is 0 Å². The Morgan fingerprint density at radius 3 is 1.94 bits per heavy atom.